The molecule has 0 radical (unpaired) electrons. The van der Waals surface area contributed by atoms with E-state index in [-0.39, 0.29) is 0 Å². The van der Waals surface area contributed by atoms with Crippen molar-refractivity contribution in [3.05, 3.63) is 65.7 Å². The van der Waals surface area contributed by atoms with Gasteiger partial charge in [-0.05, 0) is 29.7 Å². The van der Waals surface area contributed by atoms with Gasteiger partial charge in [-0.25, -0.2) is 0 Å². The van der Waals surface area contributed by atoms with Crippen molar-refractivity contribution < 1.29 is 9.84 Å². The van der Waals surface area contributed by atoms with Crippen LogP contribution >= 0.6 is 0 Å². The Hall–Kier alpha value is -1.80. The molecule has 0 amide bonds. The first-order valence-corrected chi connectivity index (χ1v) is 6.77. The Bertz CT molecular complexity index is 476. The number of unbranched alkanes of at least 4 members (excludes halogenated alkanes) is 1. The maximum atomic E-state index is 10.3. The van der Waals surface area contributed by atoms with Gasteiger partial charge < -0.3 is 9.84 Å². The first-order valence-electron chi connectivity index (χ1n) is 6.77. The van der Waals surface area contributed by atoms with Crippen LogP contribution in [-0.4, -0.2) is 11.7 Å². The van der Waals surface area contributed by atoms with Crippen LogP contribution in [0.3, 0.4) is 0 Å². The van der Waals surface area contributed by atoms with Gasteiger partial charge in [0.15, 0.2) is 0 Å². The SMILES string of the molecule is CCCCOc1ccc(C(O)c2ccccc2)cc1. The first kappa shape index (κ1) is 13.6. The lowest BCUT2D eigenvalue weighted by Crippen LogP contribution is -2.00. The van der Waals surface area contributed by atoms with Gasteiger partial charge in [0.05, 0.1) is 6.61 Å². The fraction of sp³-hybridized carbons (Fsp3) is 0.294. The molecule has 0 heterocycles. The van der Waals surface area contributed by atoms with E-state index in [2.05, 4.69) is 6.92 Å². The van der Waals surface area contributed by atoms with Gasteiger partial charge in [-0.15, -0.1) is 0 Å². The molecule has 0 aliphatic carbocycles. The molecular weight excluding hydrogens is 236 g/mol. The molecule has 0 saturated heterocycles. The molecule has 1 unspecified atom stereocenters. The van der Waals surface area contributed by atoms with E-state index in [1.807, 2.05) is 54.6 Å². The van der Waals surface area contributed by atoms with Crippen molar-refractivity contribution in [3.8, 4) is 5.75 Å². The number of hydrogen-bond donors (Lipinski definition) is 1. The summed E-state index contributed by atoms with van der Waals surface area (Å²) in [5.41, 5.74) is 1.79. The Labute approximate surface area is 114 Å². The average molecular weight is 256 g/mol. The van der Waals surface area contributed by atoms with Gasteiger partial charge in [0.2, 0.25) is 0 Å². The number of benzene rings is 2. The molecule has 0 bridgehead atoms. The molecule has 2 nitrogen and oxygen atoms in total. The van der Waals surface area contributed by atoms with Crippen molar-refractivity contribution >= 4 is 0 Å². The minimum absolute atomic E-state index is 0.578. The van der Waals surface area contributed by atoms with Crippen molar-refractivity contribution in [2.24, 2.45) is 0 Å². The minimum atomic E-state index is -0.578. The molecule has 0 aliphatic rings. The number of rotatable bonds is 6. The topological polar surface area (TPSA) is 29.5 Å². The summed E-state index contributed by atoms with van der Waals surface area (Å²) < 4.78 is 5.61. The summed E-state index contributed by atoms with van der Waals surface area (Å²) in [4.78, 5) is 0. The van der Waals surface area contributed by atoms with E-state index >= 15 is 0 Å². The molecule has 0 aliphatic heterocycles. The summed E-state index contributed by atoms with van der Waals surface area (Å²) in [6.07, 6.45) is 1.62. The third kappa shape index (κ3) is 3.83. The second kappa shape index (κ2) is 6.95. The molecule has 0 spiro atoms. The van der Waals surface area contributed by atoms with E-state index in [4.69, 9.17) is 4.74 Å². The third-order valence-corrected chi connectivity index (χ3v) is 3.08. The van der Waals surface area contributed by atoms with Gasteiger partial charge in [0.25, 0.3) is 0 Å². The molecule has 0 aromatic heterocycles. The number of ether oxygens (including phenoxy) is 1. The molecule has 1 N–H and O–H groups in total. The molecule has 1 atom stereocenters. The third-order valence-electron chi connectivity index (χ3n) is 3.08. The monoisotopic (exact) mass is 256 g/mol. The van der Waals surface area contributed by atoms with Crippen LogP contribution in [0.1, 0.15) is 37.0 Å². The van der Waals surface area contributed by atoms with Crippen molar-refractivity contribution in [2.75, 3.05) is 6.61 Å². The van der Waals surface area contributed by atoms with E-state index in [9.17, 15) is 5.11 Å². The van der Waals surface area contributed by atoms with E-state index in [0.717, 1.165) is 36.3 Å². The van der Waals surface area contributed by atoms with Crippen LogP contribution in [0.5, 0.6) is 5.75 Å². The fourth-order valence-electron chi connectivity index (χ4n) is 1.91. The number of aliphatic hydroxyl groups is 1. The van der Waals surface area contributed by atoms with Gasteiger partial charge in [0, 0.05) is 0 Å². The maximum absolute atomic E-state index is 10.3. The second-order valence-electron chi connectivity index (χ2n) is 4.58. The van der Waals surface area contributed by atoms with Gasteiger partial charge in [-0.3, -0.25) is 0 Å². The van der Waals surface area contributed by atoms with E-state index in [0.29, 0.717) is 0 Å². The summed E-state index contributed by atoms with van der Waals surface area (Å²) >= 11 is 0. The summed E-state index contributed by atoms with van der Waals surface area (Å²) in [7, 11) is 0. The molecule has 0 saturated carbocycles. The molecule has 2 rings (SSSR count). The van der Waals surface area contributed by atoms with Crippen LogP contribution in [0.4, 0.5) is 0 Å². The lowest BCUT2D eigenvalue weighted by atomic mass is 10.0. The Morgan fingerprint density at radius 1 is 0.947 bits per heavy atom. The van der Waals surface area contributed by atoms with Gasteiger partial charge >= 0.3 is 0 Å². The van der Waals surface area contributed by atoms with E-state index < -0.39 is 6.10 Å². The summed E-state index contributed by atoms with van der Waals surface area (Å²) in [5.74, 6) is 0.859. The summed E-state index contributed by atoms with van der Waals surface area (Å²) in [6.45, 7) is 2.89. The molecule has 0 fully saturated rings. The van der Waals surface area contributed by atoms with Gasteiger partial charge in [0.1, 0.15) is 11.9 Å². The Kier molecular flexibility index (Phi) is 4.99. The Morgan fingerprint density at radius 2 is 1.58 bits per heavy atom. The predicted octanol–water partition coefficient (Wildman–Crippen LogP) is 3.95. The molecule has 2 aromatic carbocycles. The normalized spacial score (nSPS) is 12.1. The second-order valence-corrected chi connectivity index (χ2v) is 4.58. The van der Waals surface area contributed by atoms with Gasteiger partial charge in [-0.1, -0.05) is 55.8 Å². The fourth-order valence-corrected chi connectivity index (χ4v) is 1.91. The zero-order valence-corrected chi connectivity index (χ0v) is 11.3. The van der Waals surface area contributed by atoms with Crippen molar-refractivity contribution in [2.45, 2.75) is 25.9 Å². The smallest absolute Gasteiger partial charge is 0.119 e. The summed E-state index contributed by atoms with van der Waals surface area (Å²) in [5, 5.41) is 10.3. The highest BCUT2D eigenvalue weighted by Crippen LogP contribution is 2.23. The van der Waals surface area contributed by atoms with Crippen LogP contribution in [0.25, 0.3) is 0 Å². The highest BCUT2D eigenvalue weighted by atomic mass is 16.5. The number of hydrogen-bond acceptors (Lipinski definition) is 2. The average Bonchev–Trinajstić information content (AvgIpc) is 2.48. The lowest BCUT2D eigenvalue weighted by molar-refractivity contribution is 0.220. The number of aliphatic hydroxyl groups excluding tert-OH is 1. The van der Waals surface area contributed by atoms with Crippen LogP contribution in [0.15, 0.2) is 54.6 Å². The summed E-state index contributed by atoms with van der Waals surface area (Å²) in [6, 6.07) is 17.3. The van der Waals surface area contributed by atoms with Crippen LogP contribution in [0.2, 0.25) is 0 Å². The lowest BCUT2D eigenvalue weighted by Gasteiger charge is -2.12. The quantitative estimate of drug-likeness (QED) is 0.793. The van der Waals surface area contributed by atoms with Gasteiger partial charge in [-0.2, -0.15) is 0 Å². The highest BCUT2D eigenvalue weighted by Gasteiger charge is 2.09. The zero-order valence-electron chi connectivity index (χ0n) is 11.3. The van der Waals surface area contributed by atoms with Crippen LogP contribution in [0, 0.1) is 0 Å². The first-order chi connectivity index (χ1) is 9.31. The Balaban J connectivity index is 2.02. The molecular formula is C17H20O2. The molecule has 2 heteroatoms. The molecule has 19 heavy (non-hydrogen) atoms. The standard InChI is InChI=1S/C17H20O2/c1-2-3-13-19-16-11-9-15(10-12-16)17(18)14-7-5-4-6-8-14/h4-12,17-18H,2-3,13H2,1H3. The van der Waals surface area contributed by atoms with E-state index in [1.165, 1.54) is 0 Å². The largest absolute Gasteiger partial charge is 0.494 e. The molecule has 2 aromatic rings. The van der Waals surface area contributed by atoms with E-state index in [1.54, 1.807) is 0 Å². The zero-order chi connectivity index (χ0) is 13.5. The van der Waals surface area contributed by atoms with Crippen molar-refractivity contribution in [1.29, 1.82) is 0 Å². The van der Waals surface area contributed by atoms with Crippen molar-refractivity contribution in [3.63, 3.8) is 0 Å². The minimum Gasteiger partial charge on any atom is -0.494 e. The molecule has 100 valence electrons. The van der Waals surface area contributed by atoms with Crippen LogP contribution in [-0.2, 0) is 0 Å². The van der Waals surface area contributed by atoms with Crippen LogP contribution < -0.4 is 4.74 Å². The maximum Gasteiger partial charge on any atom is 0.119 e. The predicted molar refractivity (Wildman–Crippen MR) is 77.3 cm³/mol. The Morgan fingerprint density at radius 3 is 2.21 bits per heavy atom. The highest BCUT2D eigenvalue weighted by molar-refractivity contribution is 5.33. The van der Waals surface area contributed by atoms with Crippen molar-refractivity contribution in [1.82, 2.24) is 0 Å².